The van der Waals surface area contributed by atoms with Gasteiger partial charge in [0.25, 0.3) is 10.0 Å². The minimum Gasteiger partial charge on any atom is -0.206 e. The number of sulfonamides is 1. The first kappa shape index (κ1) is 15.9. The second-order valence-corrected chi connectivity index (χ2v) is 7.75. The largest absolute Gasteiger partial charge is 0.402 e. The molecule has 0 fully saturated rings. The van der Waals surface area contributed by atoms with E-state index in [-0.39, 0.29) is 16.1 Å². The van der Waals surface area contributed by atoms with Crippen LogP contribution in [-0.4, -0.2) is 37.3 Å². The summed E-state index contributed by atoms with van der Waals surface area (Å²) in [5.74, 6) is 0. The summed E-state index contributed by atoms with van der Waals surface area (Å²) in [4.78, 5) is 0.736. The van der Waals surface area contributed by atoms with Crippen LogP contribution in [0.5, 0.6) is 0 Å². The highest BCUT2D eigenvalue weighted by Gasteiger charge is 2.37. The fourth-order valence-electron chi connectivity index (χ4n) is 1.26. The lowest BCUT2D eigenvalue weighted by Gasteiger charge is -2.21. The van der Waals surface area contributed by atoms with E-state index < -0.39 is 22.7 Å². The van der Waals surface area contributed by atoms with E-state index >= 15 is 0 Å². The highest BCUT2D eigenvalue weighted by Crippen LogP contribution is 2.27. The monoisotopic (exact) mass is 365 g/mol. The summed E-state index contributed by atoms with van der Waals surface area (Å²) in [6, 6.07) is 2.89. The molecule has 0 aliphatic rings. The third kappa shape index (κ3) is 4.22. The van der Waals surface area contributed by atoms with Crippen LogP contribution in [0.3, 0.4) is 0 Å². The Bertz CT molecular complexity index is 498. The molecule has 1 heterocycles. The predicted molar refractivity (Wildman–Crippen MR) is 67.7 cm³/mol. The molecular weight excluding hydrogens is 355 g/mol. The van der Waals surface area contributed by atoms with Gasteiger partial charge in [-0.25, -0.2) is 8.42 Å². The molecule has 1 aromatic heterocycles. The number of hydrogen-bond donors (Lipinski definition) is 0. The summed E-state index contributed by atoms with van der Waals surface area (Å²) in [7, 11) is -4.07. The molecule has 0 radical (unpaired) electrons. The highest BCUT2D eigenvalue weighted by molar-refractivity contribution is 9.09. The van der Waals surface area contributed by atoms with Crippen molar-refractivity contribution in [1.82, 2.24) is 4.31 Å². The van der Waals surface area contributed by atoms with Gasteiger partial charge in [-0.05, 0) is 19.1 Å². The van der Waals surface area contributed by atoms with Crippen LogP contribution in [0.2, 0.25) is 0 Å². The van der Waals surface area contributed by atoms with Crippen molar-refractivity contribution in [2.75, 3.05) is 18.4 Å². The minimum absolute atomic E-state index is 0.0646. The van der Waals surface area contributed by atoms with Crippen molar-refractivity contribution >= 4 is 37.3 Å². The average molecular weight is 366 g/mol. The summed E-state index contributed by atoms with van der Waals surface area (Å²) < 4.78 is 61.5. The molecule has 1 rings (SSSR count). The molecule has 18 heavy (non-hydrogen) atoms. The van der Waals surface area contributed by atoms with E-state index in [9.17, 15) is 21.6 Å². The lowest BCUT2D eigenvalue weighted by Crippen LogP contribution is -2.39. The molecule has 0 saturated heterocycles. The van der Waals surface area contributed by atoms with Crippen LogP contribution in [0, 0.1) is 6.92 Å². The van der Waals surface area contributed by atoms with Crippen molar-refractivity contribution in [3.8, 4) is 0 Å². The molecule has 0 amide bonds. The number of thiophene rings is 1. The molecule has 104 valence electrons. The molecule has 0 spiro atoms. The number of aryl methyl sites for hydroxylation is 1. The van der Waals surface area contributed by atoms with Crippen LogP contribution < -0.4 is 0 Å². The van der Waals surface area contributed by atoms with Gasteiger partial charge >= 0.3 is 6.18 Å². The molecule has 0 saturated carbocycles. The zero-order valence-corrected chi connectivity index (χ0v) is 12.6. The molecule has 0 aliphatic heterocycles. The molecule has 0 bridgehead atoms. The molecular formula is C9H11BrF3NO2S2. The highest BCUT2D eigenvalue weighted by atomic mass is 79.9. The molecule has 0 aliphatic carbocycles. The van der Waals surface area contributed by atoms with Crippen molar-refractivity contribution in [2.24, 2.45) is 0 Å². The van der Waals surface area contributed by atoms with Gasteiger partial charge in [-0.3, -0.25) is 0 Å². The Morgan fingerprint density at radius 2 is 2.00 bits per heavy atom. The lowest BCUT2D eigenvalue weighted by molar-refractivity contribution is -0.135. The second-order valence-electron chi connectivity index (χ2n) is 3.51. The SMILES string of the molecule is Cc1ccc(S(=O)(=O)N(CCBr)CC(F)(F)F)s1. The van der Waals surface area contributed by atoms with Crippen molar-refractivity contribution in [2.45, 2.75) is 17.3 Å². The van der Waals surface area contributed by atoms with Gasteiger partial charge in [0, 0.05) is 16.8 Å². The molecule has 9 heteroatoms. The molecule has 0 N–H and O–H groups in total. The zero-order chi connectivity index (χ0) is 14.0. The van der Waals surface area contributed by atoms with E-state index in [0.29, 0.717) is 4.31 Å². The Balaban J connectivity index is 3.04. The summed E-state index contributed by atoms with van der Waals surface area (Å²) in [5, 5.41) is 0.146. The first-order valence-electron chi connectivity index (χ1n) is 4.86. The van der Waals surface area contributed by atoms with Crippen LogP contribution in [0.25, 0.3) is 0 Å². The normalized spacial score (nSPS) is 13.2. The van der Waals surface area contributed by atoms with E-state index in [1.54, 1.807) is 13.0 Å². The van der Waals surface area contributed by atoms with Crippen molar-refractivity contribution in [3.05, 3.63) is 17.0 Å². The average Bonchev–Trinajstić information content (AvgIpc) is 2.63. The van der Waals surface area contributed by atoms with Crippen molar-refractivity contribution < 1.29 is 21.6 Å². The number of hydrogen-bond acceptors (Lipinski definition) is 3. The Labute approximate surface area is 116 Å². The van der Waals surface area contributed by atoms with Crippen LogP contribution >= 0.6 is 27.3 Å². The van der Waals surface area contributed by atoms with Crippen molar-refractivity contribution in [1.29, 1.82) is 0 Å². The number of rotatable bonds is 5. The van der Waals surface area contributed by atoms with Crippen LogP contribution in [0.1, 0.15) is 4.88 Å². The molecule has 3 nitrogen and oxygen atoms in total. The van der Waals surface area contributed by atoms with Gasteiger partial charge in [0.2, 0.25) is 0 Å². The van der Waals surface area contributed by atoms with Gasteiger partial charge in [0.15, 0.2) is 0 Å². The molecule has 1 aromatic rings. The predicted octanol–water partition coefficient (Wildman–Crippen LogP) is 3.00. The van der Waals surface area contributed by atoms with E-state index in [4.69, 9.17) is 0 Å². The third-order valence-electron chi connectivity index (χ3n) is 2.00. The van der Waals surface area contributed by atoms with E-state index in [0.717, 1.165) is 16.2 Å². The Morgan fingerprint density at radius 1 is 1.39 bits per heavy atom. The molecule has 0 atom stereocenters. The van der Waals surface area contributed by atoms with E-state index in [1.165, 1.54) is 6.07 Å². The van der Waals surface area contributed by atoms with Gasteiger partial charge in [-0.1, -0.05) is 15.9 Å². The van der Waals surface area contributed by atoms with Crippen molar-refractivity contribution in [3.63, 3.8) is 0 Å². The van der Waals surface area contributed by atoms with Crippen LogP contribution in [-0.2, 0) is 10.0 Å². The fraction of sp³-hybridized carbons (Fsp3) is 0.556. The number of halogens is 4. The third-order valence-corrected chi connectivity index (χ3v) is 5.67. The fourth-order valence-corrected chi connectivity index (χ4v) is 4.78. The maximum Gasteiger partial charge on any atom is 0.402 e. The maximum absolute atomic E-state index is 12.4. The van der Waals surface area contributed by atoms with Gasteiger partial charge in [-0.2, -0.15) is 17.5 Å². The smallest absolute Gasteiger partial charge is 0.206 e. The number of nitrogens with zero attached hydrogens (tertiary/aromatic N) is 1. The standard InChI is InChI=1S/C9H11BrF3NO2S2/c1-7-2-3-8(17-7)18(15,16)14(5-4-10)6-9(11,12)13/h2-3H,4-6H2,1H3. The van der Waals surface area contributed by atoms with Gasteiger partial charge < -0.3 is 0 Å². The van der Waals surface area contributed by atoms with Crippen LogP contribution in [0.4, 0.5) is 13.2 Å². The van der Waals surface area contributed by atoms with Gasteiger partial charge in [0.1, 0.15) is 10.8 Å². The quantitative estimate of drug-likeness (QED) is 0.752. The molecule has 0 aromatic carbocycles. The molecule has 0 unspecified atom stereocenters. The summed E-state index contributed by atoms with van der Waals surface area (Å²) in [5.41, 5.74) is 0. The van der Waals surface area contributed by atoms with Crippen LogP contribution in [0.15, 0.2) is 16.3 Å². The lowest BCUT2D eigenvalue weighted by atomic mass is 10.5. The van der Waals surface area contributed by atoms with Gasteiger partial charge in [-0.15, -0.1) is 11.3 Å². The van der Waals surface area contributed by atoms with Gasteiger partial charge in [0.05, 0.1) is 0 Å². The Hall–Kier alpha value is -0.120. The summed E-state index contributed by atoms with van der Waals surface area (Å²) in [6.07, 6.45) is -4.55. The summed E-state index contributed by atoms with van der Waals surface area (Å²) >= 11 is 3.92. The number of alkyl halides is 4. The maximum atomic E-state index is 12.4. The zero-order valence-electron chi connectivity index (χ0n) is 9.37. The summed E-state index contributed by atoms with van der Waals surface area (Å²) in [6.45, 7) is -0.00105. The van der Waals surface area contributed by atoms with E-state index in [1.807, 2.05) is 0 Å². The first-order chi connectivity index (χ1) is 8.16. The minimum atomic E-state index is -4.55. The topological polar surface area (TPSA) is 37.4 Å². The Morgan fingerprint density at radius 3 is 2.39 bits per heavy atom. The van der Waals surface area contributed by atoms with E-state index in [2.05, 4.69) is 15.9 Å². The first-order valence-corrected chi connectivity index (χ1v) is 8.24. The Kier molecular flexibility index (Phi) is 5.22. The second kappa shape index (κ2) is 5.89.